The van der Waals surface area contributed by atoms with Gasteiger partial charge >= 0.3 is 6.09 Å². The van der Waals surface area contributed by atoms with Crippen molar-refractivity contribution >= 4 is 6.09 Å². The number of phenols is 1. The average Bonchev–Trinajstić information content (AvgIpc) is 2.49. The van der Waals surface area contributed by atoms with E-state index in [0.717, 1.165) is 18.4 Å². The van der Waals surface area contributed by atoms with Gasteiger partial charge in [-0.05, 0) is 57.7 Å². The lowest BCUT2D eigenvalue weighted by molar-refractivity contribution is 0.0174. The van der Waals surface area contributed by atoms with Crippen LogP contribution in [0.15, 0.2) is 24.3 Å². The van der Waals surface area contributed by atoms with E-state index in [1.54, 1.807) is 11.0 Å². The fourth-order valence-corrected chi connectivity index (χ4v) is 3.19. The molecule has 0 spiro atoms. The summed E-state index contributed by atoms with van der Waals surface area (Å²) in [5, 5.41) is 10.1. The second kappa shape index (κ2) is 7.21. The number of carbonyl (C=O) groups is 1. The maximum Gasteiger partial charge on any atom is 0.410 e. The van der Waals surface area contributed by atoms with Crippen molar-refractivity contribution in [1.29, 1.82) is 0 Å². The summed E-state index contributed by atoms with van der Waals surface area (Å²) >= 11 is 0. The molecule has 5 nitrogen and oxygen atoms in total. The molecule has 1 aromatic carbocycles. The van der Waals surface area contributed by atoms with E-state index in [9.17, 15) is 9.90 Å². The predicted octanol–water partition coefficient (Wildman–Crippen LogP) is 3.08. The summed E-state index contributed by atoms with van der Waals surface area (Å²) in [6.07, 6.45) is 1.49. The Kier molecular flexibility index (Phi) is 5.52. The van der Waals surface area contributed by atoms with Gasteiger partial charge in [0.15, 0.2) is 0 Å². The van der Waals surface area contributed by atoms with Crippen LogP contribution < -0.4 is 5.73 Å². The van der Waals surface area contributed by atoms with E-state index in [4.69, 9.17) is 10.5 Å². The number of piperidine rings is 1. The molecular formula is C18H28N2O3. The molecule has 1 saturated heterocycles. The van der Waals surface area contributed by atoms with Crippen LogP contribution >= 0.6 is 0 Å². The first-order valence-corrected chi connectivity index (χ1v) is 8.27. The number of nitrogens with zero attached hydrogens (tertiary/aromatic N) is 1. The Morgan fingerprint density at radius 1 is 1.35 bits per heavy atom. The molecule has 1 aliphatic heterocycles. The minimum absolute atomic E-state index is 0.122. The van der Waals surface area contributed by atoms with E-state index in [2.05, 4.69) is 0 Å². The molecule has 1 aromatic rings. The van der Waals surface area contributed by atoms with Gasteiger partial charge in [-0.2, -0.15) is 0 Å². The second-order valence-corrected chi connectivity index (χ2v) is 7.21. The van der Waals surface area contributed by atoms with Gasteiger partial charge in [0.05, 0.1) is 0 Å². The highest BCUT2D eigenvalue weighted by atomic mass is 16.6. The zero-order chi connectivity index (χ0) is 17.0. The third-order valence-corrected chi connectivity index (χ3v) is 4.35. The minimum atomic E-state index is -0.469. The van der Waals surface area contributed by atoms with Gasteiger partial charge in [0.2, 0.25) is 0 Å². The lowest BCUT2D eigenvalue weighted by Crippen LogP contribution is -2.43. The molecule has 1 amide bonds. The summed E-state index contributed by atoms with van der Waals surface area (Å²) in [5.41, 5.74) is 6.41. The number of ether oxygens (including phenoxy) is 1. The van der Waals surface area contributed by atoms with Gasteiger partial charge < -0.3 is 20.5 Å². The highest BCUT2D eigenvalue weighted by Crippen LogP contribution is 2.36. The number of phenolic OH excluding ortho intramolecular Hbond substituents is 1. The fourth-order valence-electron chi connectivity index (χ4n) is 3.19. The number of hydrogen-bond donors (Lipinski definition) is 2. The molecule has 0 bridgehead atoms. The van der Waals surface area contributed by atoms with Gasteiger partial charge in [-0.25, -0.2) is 4.79 Å². The van der Waals surface area contributed by atoms with Crippen molar-refractivity contribution in [2.45, 2.75) is 45.1 Å². The number of aromatic hydroxyl groups is 1. The molecule has 2 rings (SSSR count). The molecule has 1 unspecified atom stereocenters. The molecule has 1 fully saturated rings. The number of hydrogen-bond acceptors (Lipinski definition) is 4. The fraction of sp³-hybridized carbons (Fsp3) is 0.611. The zero-order valence-corrected chi connectivity index (χ0v) is 14.3. The van der Waals surface area contributed by atoms with Crippen molar-refractivity contribution in [3.63, 3.8) is 0 Å². The Hall–Kier alpha value is -1.75. The zero-order valence-electron chi connectivity index (χ0n) is 14.3. The van der Waals surface area contributed by atoms with Crippen molar-refractivity contribution in [3.05, 3.63) is 29.8 Å². The minimum Gasteiger partial charge on any atom is -0.508 e. The van der Waals surface area contributed by atoms with E-state index in [-0.39, 0.29) is 12.0 Å². The van der Waals surface area contributed by atoms with Crippen LogP contribution in [0, 0.1) is 5.92 Å². The smallest absolute Gasteiger partial charge is 0.410 e. The van der Waals surface area contributed by atoms with Crippen LogP contribution in [0.2, 0.25) is 0 Å². The summed E-state index contributed by atoms with van der Waals surface area (Å²) in [4.78, 5) is 13.9. The SMILES string of the molecule is CC(C)(C)OC(=O)N1CCC(C(CN)c2ccccc2O)CC1. The molecule has 0 aromatic heterocycles. The standard InChI is InChI=1S/C18H28N2O3/c1-18(2,3)23-17(22)20-10-8-13(9-11-20)15(12-19)14-6-4-5-7-16(14)21/h4-7,13,15,21H,8-12,19H2,1-3H3. The number of nitrogens with two attached hydrogens (primary N) is 1. The summed E-state index contributed by atoms with van der Waals surface area (Å²) in [6.45, 7) is 7.46. The summed E-state index contributed by atoms with van der Waals surface area (Å²) < 4.78 is 5.43. The highest BCUT2D eigenvalue weighted by molar-refractivity contribution is 5.68. The first-order chi connectivity index (χ1) is 10.8. The van der Waals surface area contributed by atoms with Crippen LogP contribution in [-0.2, 0) is 4.74 Å². The van der Waals surface area contributed by atoms with Crippen molar-refractivity contribution in [1.82, 2.24) is 4.90 Å². The van der Waals surface area contributed by atoms with E-state index in [0.29, 0.717) is 31.3 Å². The van der Waals surface area contributed by atoms with Gasteiger partial charge in [-0.15, -0.1) is 0 Å². The van der Waals surface area contributed by atoms with E-state index in [1.807, 2.05) is 39.0 Å². The average molecular weight is 320 g/mol. The molecule has 23 heavy (non-hydrogen) atoms. The monoisotopic (exact) mass is 320 g/mol. The molecule has 128 valence electrons. The molecule has 5 heteroatoms. The van der Waals surface area contributed by atoms with Crippen LogP contribution in [-0.4, -0.2) is 41.3 Å². The molecule has 3 N–H and O–H groups in total. The van der Waals surface area contributed by atoms with Gasteiger partial charge in [-0.3, -0.25) is 0 Å². The van der Waals surface area contributed by atoms with Crippen LogP contribution in [0.4, 0.5) is 4.79 Å². The van der Waals surface area contributed by atoms with Crippen molar-refractivity contribution in [3.8, 4) is 5.75 Å². The first-order valence-electron chi connectivity index (χ1n) is 8.27. The first kappa shape index (κ1) is 17.6. The summed E-state index contributed by atoms with van der Waals surface area (Å²) in [5.74, 6) is 0.793. The molecular weight excluding hydrogens is 292 g/mol. The van der Waals surface area contributed by atoms with Gasteiger partial charge in [0.25, 0.3) is 0 Å². The predicted molar refractivity (Wildman–Crippen MR) is 90.4 cm³/mol. The number of benzene rings is 1. The summed E-state index contributed by atoms with van der Waals surface area (Å²) in [6, 6.07) is 7.38. The van der Waals surface area contributed by atoms with Gasteiger partial charge in [0.1, 0.15) is 11.4 Å². The third-order valence-electron chi connectivity index (χ3n) is 4.35. The van der Waals surface area contributed by atoms with Crippen LogP contribution in [0.1, 0.15) is 45.1 Å². The van der Waals surface area contributed by atoms with Gasteiger partial charge in [0, 0.05) is 19.0 Å². The van der Waals surface area contributed by atoms with Gasteiger partial charge in [-0.1, -0.05) is 18.2 Å². The summed E-state index contributed by atoms with van der Waals surface area (Å²) in [7, 11) is 0. The van der Waals surface area contributed by atoms with Crippen LogP contribution in [0.25, 0.3) is 0 Å². The van der Waals surface area contributed by atoms with E-state index >= 15 is 0 Å². The van der Waals surface area contributed by atoms with Crippen LogP contribution in [0.3, 0.4) is 0 Å². The highest BCUT2D eigenvalue weighted by Gasteiger charge is 2.31. The van der Waals surface area contributed by atoms with Crippen LogP contribution in [0.5, 0.6) is 5.75 Å². The number of para-hydroxylation sites is 1. The Bertz CT molecular complexity index is 531. The third kappa shape index (κ3) is 4.61. The molecule has 0 aliphatic carbocycles. The van der Waals surface area contributed by atoms with E-state index < -0.39 is 5.60 Å². The lowest BCUT2D eigenvalue weighted by atomic mass is 9.80. The molecule has 1 aliphatic rings. The quantitative estimate of drug-likeness (QED) is 0.897. The number of likely N-dealkylation sites (tertiary alicyclic amines) is 1. The number of carbonyl (C=O) groups excluding carboxylic acids is 1. The Labute approximate surface area is 138 Å². The number of amides is 1. The van der Waals surface area contributed by atoms with Crippen molar-refractivity contribution < 1.29 is 14.6 Å². The second-order valence-electron chi connectivity index (χ2n) is 7.21. The maximum absolute atomic E-state index is 12.1. The van der Waals surface area contributed by atoms with E-state index in [1.165, 1.54) is 0 Å². The topological polar surface area (TPSA) is 75.8 Å². The molecule has 1 atom stereocenters. The molecule has 0 radical (unpaired) electrons. The molecule has 0 saturated carbocycles. The maximum atomic E-state index is 12.1. The Balaban J connectivity index is 1.98. The van der Waals surface area contributed by atoms with Crippen molar-refractivity contribution in [2.24, 2.45) is 11.7 Å². The number of rotatable bonds is 3. The molecule has 1 heterocycles. The normalized spacial score (nSPS) is 17.8. The Morgan fingerprint density at radius 2 is 1.96 bits per heavy atom. The largest absolute Gasteiger partial charge is 0.508 e. The Morgan fingerprint density at radius 3 is 2.48 bits per heavy atom. The lowest BCUT2D eigenvalue weighted by Gasteiger charge is -2.36. The van der Waals surface area contributed by atoms with Crippen molar-refractivity contribution in [2.75, 3.05) is 19.6 Å².